The number of hydrogen-bond donors (Lipinski definition) is 1. The Morgan fingerprint density at radius 3 is 2.64 bits per heavy atom. The number of amides is 1. The molecule has 1 aliphatic heterocycles. The van der Waals surface area contributed by atoms with E-state index in [1.165, 1.54) is 0 Å². The molecule has 0 spiro atoms. The third-order valence-electron chi connectivity index (χ3n) is 4.66. The molecule has 8 nitrogen and oxygen atoms in total. The van der Waals surface area contributed by atoms with E-state index in [0.29, 0.717) is 38.4 Å². The molecular formula is C20H25N3O5. The summed E-state index contributed by atoms with van der Waals surface area (Å²) in [5.74, 6) is -0.861. The van der Waals surface area contributed by atoms with Gasteiger partial charge in [0.1, 0.15) is 0 Å². The molecule has 1 aromatic heterocycles. The van der Waals surface area contributed by atoms with E-state index in [1.54, 1.807) is 15.8 Å². The van der Waals surface area contributed by atoms with Crippen LogP contribution in [0.4, 0.5) is 0 Å². The number of carbonyl (C=O) groups is 2. The van der Waals surface area contributed by atoms with Crippen LogP contribution in [0.2, 0.25) is 0 Å². The van der Waals surface area contributed by atoms with Gasteiger partial charge in [0.05, 0.1) is 24.9 Å². The molecule has 150 valence electrons. The number of rotatable bonds is 8. The van der Waals surface area contributed by atoms with Crippen LogP contribution in [-0.2, 0) is 9.53 Å². The van der Waals surface area contributed by atoms with Crippen molar-refractivity contribution in [2.75, 3.05) is 26.4 Å². The lowest BCUT2D eigenvalue weighted by molar-refractivity contribution is -0.137. The van der Waals surface area contributed by atoms with Gasteiger partial charge in [0.25, 0.3) is 5.91 Å². The smallest absolute Gasteiger partial charge is 0.305 e. The maximum Gasteiger partial charge on any atom is 0.305 e. The Bertz CT molecular complexity index is 799. The maximum atomic E-state index is 13.3. The summed E-state index contributed by atoms with van der Waals surface area (Å²) in [5, 5.41) is 13.6. The van der Waals surface area contributed by atoms with Crippen LogP contribution in [-0.4, -0.2) is 64.1 Å². The van der Waals surface area contributed by atoms with Crippen LogP contribution in [0.25, 0.3) is 5.69 Å². The molecule has 1 saturated heterocycles. The van der Waals surface area contributed by atoms with Crippen LogP contribution in [0.15, 0.2) is 36.5 Å². The maximum absolute atomic E-state index is 13.3. The highest BCUT2D eigenvalue weighted by Crippen LogP contribution is 2.24. The monoisotopic (exact) mass is 387 g/mol. The van der Waals surface area contributed by atoms with Crippen molar-refractivity contribution in [1.29, 1.82) is 0 Å². The van der Waals surface area contributed by atoms with E-state index >= 15 is 0 Å². The van der Waals surface area contributed by atoms with E-state index < -0.39 is 5.97 Å². The molecule has 2 heterocycles. The highest BCUT2D eigenvalue weighted by atomic mass is 16.5. The second-order valence-corrected chi connectivity index (χ2v) is 6.54. The van der Waals surface area contributed by atoms with Crippen LogP contribution in [0.5, 0.6) is 5.75 Å². The van der Waals surface area contributed by atoms with Crippen LogP contribution in [0, 0.1) is 0 Å². The minimum atomic E-state index is -0.940. The van der Waals surface area contributed by atoms with Gasteiger partial charge >= 0.3 is 5.97 Å². The molecule has 0 aliphatic carbocycles. The van der Waals surface area contributed by atoms with Gasteiger partial charge in [0.15, 0.2) is 11.4 Å². The van der Waals surface area contributed by atoms with Crippen LogP contribution < -0.4 is 4.74 Å². The largest absolute Gasteiger partial charge is 0.490 e. The standard InChI is InChI=1S/C20H25N3O5/c1-2-28-17-14-23(16-6-4-3-5-7-16)21-19(17)20(26)22(11-8-18(24)25)15-9-12-27-13-10-15/h3-7,14-15H,2,8-13H2,1H3,(H,24,25). The summed E-state index contributed by atoms with van der Waals surface area (Å²) in [6.45, 7) is 3.47. The van der Waals surface area contributed by atoms with E-state index in [-0.39, 0.29) is 30.6 Å². The van der Waals surface area contributed by atoms with Crippen LogP contribution >= 0.6 is 0 Å². The zero-order chi connectivity index (χ0) is 19.9. The third-order valence-corrected chi connectivity index (χ3v) is 4.66. The number of para-hydroxylation sites is 1. The van der Waals surface area contributed by atoms with Gasteiger partial charge in [-0.15, -0.1) is 0 Å². The lowest BCUT2D eigenvalue weighted by Crippen LogP contribution is -2.44. The van der Waals surface area contributed by atoms with Gasteiger partial charge in [-0.25, -0.2) is 4.68 Å². The highest BCUT2D eigenvalue weighted by Gasteiger charge is 2.31. The molecule has 8 heteroatoms. The number of hydrogen-bond acceptors (Lipinski definition) is 5. The number of carboxylic acid groups (broad SMARTS) is 1. The minimum Gasteiger partial charge on any atom is -0.490 e. The van der Waals surface area contributed by atoms with Crippen molar-refractivity contribution < 1.29 is 24.2 Å². The van der Waals surface area contributed by atoms with Crippen LogP contribution in [0.3, 0.4) is 0 Å². The van der Waals surface area contributed by atoms with Crippen molar-refractivity contribution in [3.05, 3.63) is 42.2 Å². The minimum absolute atomic E-state index is 0.0723. The Hall–Kier alpha value is -2.87. The second-order valence-electron chi connectivity index (χ2n) is 6.54. The molecule has 0 atom stereocenters. The number of benzene rings is 1. The molecule has 1 fully saturated rings. The predicted octanol–water partition coefficient (Wildman–Crippen LogP) is 2.37. The Morgan fingerprint density at radius 1 is 1.29 bits per heavy atom. The normalized spacial score (nSPS) is 14.6. The van der Waals surface area contributed by atoms with Crippen molar-refractivity contribution in [3.63, 3.8) is 0 Å². The Kier molecular flexibility index (Phi) is 6.65. The highest BCUT2D eigenvalue weighted by molar-refractivity contribution is 5.95. The van der Waals surface area contributed by atoms with E-state index in [1.807, 2.05) is 37.3 Å². The first kappa shape index (κ1) is 19.9. The average molecular weight is 387 g/mol. The topological polar surface area (TPSA) is 93.9 Å². The van der Waals surface area contributed by atoms with E-state index in [4.69, 9.17) is 14.6 Å². The number of ether oxygens (including phenoxy) is 2. The molecule has 1 N–H and O–H groups in total. The fourth-order valence-electron chi connectivity index (χ4n) is 3.28. The van der Waals surface area contributed by atoms with Crippen molar-refractivity contribution in [2.24, 2.45) is 0 Å². The number of nitrogens with zero attached hydrogens (tertiary/aromatic N) is 3. The fraction of sp³-hybridized carbons (Fsp3) is 0.450. The molecule has 1 aliphatic rings. The van der Waals surface area contributed by atoms with Gasteiger partial charge in [0, 0.05) is 25.8 Å². The number of aromatic nitrogens is 2. The number of carboxylic acids is 1. The van der Waals surface area contributed by atoms with Crippen molar-refractivity contribution in [2.45, 2.75) is 32.2 Å². The lowest BCUT2D eigenvalue weighted by Gasteiger charge is -2.33. The van der Waals surface area contributed by atoms with Gasteiger partial charge in [0.2, 0.25) is 0 Å². The van der Waals surface area contributed by atoms with Gasteiger partial charge in [-0.3, -0.25) is 9.59 Å². The van der Waals surface area contributed by atoms with Gasteiger partial charge in [-0.1, -0.05) is 18.2 Å². The summed E-state index contributed by atoms with van der Waals surface area (Å²) < 4.78 is 12.6. The summed E-state index contributed by atoms with van der Waals surface area (Å²) in [5.41, 5.74) is 1.01. The SMILES string of the molecule is CCOc1cn(-c2ccccc2)nc1C(=O)N(CCC(=O)O)C1CCOCC1. The van der Waals surface area contributed by atoms with Gasteiger partial charge < -0.3 is 19.5 Å². The molecule has 2 aromatic rings. The summed E-state index contributed by atoms with van der Waals surface area (Å²) in [4.78, 5) is 26.0. The summed E-state index contributed by atoms with van der Waals surface area (Å²) in [6.07, 6.45) is 2.92. The molecule has 3 rings (SSSR count). The lowest BCUT2D eigenvalue weighted by atomic mass is 10.1. The average Bonchev–Trinajstić information content (AvgIpc) is 3.13. The molecule has 0 unspecified atom stereocenters. The molecule has 0 radical (unpaired) electrons. The van der Waals surface area contributed by atoms with Crippen molar-refractivity contribution in [3.8, 4) is 11.4 Å². The molecule has 0 bridgehead atoms. The van der Waals surface area contributed by atoms with Crippen LogP contribution in [0.1, 0.15) is 36.7 Å². The van der Waals surface area contributed by atoms with Crippen molar-refractivity contribution in [1.82, 2.24) is 14.7 Å². The molecule has 28 heavy (non-hydrogen) atoms. The first-order valence-electron chi connectivity index (χ1n) is 9.48. The summed E-state index contributed by atoms with van der Waals surface area (Å²) in [6, 6.07) is 9.38. The quantitative estimate of drug-likeness (QED) is 0.747. The predicted molar refractivity (Wildman–Crippen MR) is 102 cm³/mol. The Balaban J connectivity index is 1.91. The first-order chi connectivity index (χ1) is 13.6. The fourth-order valence-corrected chi connectivity index (χ4v) is 3.28. The summed E-state index contributed by atoms with van der Waals surface area (Å²) >= 11 is 0. The molecule has 0 saturated carbocycles. The van der Waals surface area contributed by atoms with Gasteiger partial charge in [-0.2, -0.15) is 5.10 Å². The Labute approximate surface area is 163 Å². The molecule has 1 aromatic carbocycles. The van der Waals surface area contributed by atoms with E-state index in [9.17, 15) is 9.59 Å². The van der Waals surface area contributed by atoms with Crippen molar-refractivity contribution >= 4 is 11.9 Å². The van der Waals surface area contributed by atoms with E-state index in [2.05, 4.69) is 5.10 Å². The third kappa shape index (κ3) is 4.69. The number of carbonyl (C=O) groups excluding carboxylic acids is 1. The zero-order valence-electron chi connectivity index (χ0n) is 15.9. The first-order valence-corrected chi connectivity index (χ1v) is 9.48. The second kappa shape index (κ2) is 9.36. The zero-order valence-corrected chi connectivity index (χ0v) is 15.9. The molecule has 1 amide bonds. The molecular weight excluding hydrogens is 362 g/mol. The van der Waals surface area contributed by atoms with E-state index in [0.717, 1.165) is 5.69 Å². The number of aliphatic carboxylic acids is 1. The van der Waals surface area contributed by atoms with Gasteiger partial charge in [-0.05, 0) is 31.9 Å². The Morgan fingerprint density at radius 2 is 2.00 bits per heavy atom. The summed E-state index contributed by atoms with van der Waals surface area (Å²) in [7, 11) is 0.